The number of rotatable bonds is 3. The number of thiophene rings is 1. The summed E-state index contributed by atoms with van der Waals surface area (Å²) in [6.07, 6.45) is 1.12. The maximum Gasteiger partial charge on any atom is 0.0351 e. The van der Waals surface area contributed by atoms with Crippen LogP contribution in [0.5, 0.6) is 0 Å². The van der Waals surface area contributed by atoms with Crippen molar-refractivity contribution in [3.8, 4) is 0 Å². The van der Waals surface area contributed by atoms with E-state index in [1.165, 1.54) is 31.7 Å². The van der Waals surface area contributed by atoms with E-state index in [0.29, 0.717) is 0 Å². The lowest BCUT2D eigenvalue weighted by atomic mass is 10.0. The lowest BCUT2D eigenvalue weighted by Gasteiger charge is -2.02. The Bertz CT molecular complexity index is 511. The lowest BCUT2D eigenvalue weighted by molar-refractivity contribution is 0.822. The summed E-state index contributed by atoms with van der Waals surface area (Å²) in [5.74, 6) is 0. The van der Waals surface area contributed by atoms with Crippen molar-refractivity contribution >= 4 is 21.4 Å². The molecule has 16 heavy (non-hydrogen) atoms. The highest BCUT2D eigenvalue weighted by molar-refractivity contribution is 7.19. The molecule has 0 aliphatic carbocycles. The summed E-state index contributed by atoms with van der Waals surface area (Å²) in [5, 5.41) is 4.72. The summed E-state index contributed by atoms with van der Waals surface area (Å²) in [6.45, 7) is 7.62. The Hall–Kier alpha value is -0.860. The minimum absolute atomic E-state index is 0.987. The van der Waals surface area contributed by atoms with E-state index in [0.717, 1.165) is 13.0 Å². The van der Waals surface area contributed by atoms with Gasteiger partial charge in [0.25, 0.3) is 0 Å². The Labute approximate surface area is 101 Å². The Balaban J connectivity index is 2.67. The first-order valence-corrected chi connectivity index (χ1v) is 6.65. The average Bonchev–Trinajstić information content (AvgIpc) is 2.56. The van der Waals surface area contributed by atoms with Gasteiger partial charge in [0.2, 0.25) is 0 Å². The fourth-order valence-electron chi connectivity index (χ4n) is 2.15. The molecule has 0 saturated heterocycles. The standard InChI is InChI=1S/C14H19NS/c1-5-11-12-6-9(2)10(3)7-13(12)16-14(11)8-15-4/h6-7,15H,5,8H2,1-4H3. The molecule has 0 unspecified atom stereocenters. The Morgan fingerprint density at radius 2 is 1.88 bits per heavy atom. The van der Waals surface area contributed by atoms with Crippen LogP contribution in [-0.4, -0.2) is 7.05 Å². The fraction of sp³-hybridized carbons (Fsp3) is 0.429. The molecular formula is C14H19NS. The van der Waals surface area contributed by atoms with Crippen molar-refractivity contribution in [2.45, 2.75) is 33.7 Å². The van der Waals surface area contributed by atoms with E-state index in [-0.39, 0.29) is 0 Å². The minimum atomic E-state index is 0.987. The number of benzene rings is 1. The van der Waals surface area contributed by atoms with Crippen molar-refractivity contribution < 1.29 is 0 Å². The fourth-order valence-corrected chi connectivity index (χ4v) is 3.53. The molecule has 0 fully saturated rings. The third-order valence-corrected chi connectivity index (χ3v) is 4.38. The maximum absolute atomic E-state index is 3.26. The van der Waals surface area contributed by atoms with Crippen LogP contribution in [-0.2, 0) is 13.0 Å². The van der Waals surface area contributed by atoms with Crippen LogP contribution in [0.15, 0.2) is 12.1 Å². The van der Waals surface area contributed by atoms with Crippen LogP contribution in [0.3, 0.4) is 0 Å². The molecule has 2 heteroatoms. The van der Waals surface area contributed by atoms with Crippen LogP contribution in [0, 0.1) is 13.8 Å². The normalized spacial score (nSPS) is 11.2. The SMILES string of the molecule is CCc1c(CNC)sc2cc(C)c(C)cc12. The van der Waals surface area contributed by atoms with Gasteiger partial charge in [0.1, 0.15) is 0 Å². The first-order valence-electron chi connectivity index (χ1n) is 5.83. The van der Waals surface area contributed by atoms with Gasteiger partial charge in [-0.05, 0) is 55.5 Å². The highest BCUT2D eigenvalue weighted by atomic mass is 32.1. The van der Waals surface area contributed by atoms with Gasteiger partial charge in [0, 0.05) is 16.1 Å². The van der Waals surface area contributed by atoms with E-state index < -0.39 is 0 Å². The second kappa shape index (κ2) is 4.56. The van der Waals surface area contributed by atoms with Crippen molar-refractivity contribution in [3.05, 3.63) is 33.7 Å². The Morgan fingerprint density at radius 3 is 2.50 bits per heavy atom. The van der Waals surface area contributed by atoms with Gasteiger partial charge in [0.15, 0.2) is 0 Å². The molecule has 0 radical (unpaired) electrons. The van der Waals surface area contributed by atoms with Gasteiger partial charge in [0.05, 0.1) is 0 Å². The smallest absolute Gasteiger partial charge is 0.0351 e. The quantitative estimate of drug-likeness (QED) is 0.850. The molecule has 1 heterocycles. The summed E-state index contributed by atoms with van der Waals surface area (Å²) >= 11 is 1.93. The van der Waals surface area contributed by atoms with Gasteiger partial charge in [-0.1, -0.05) is 13.0 Å². The van der Waals surface area contributed by atoms with Crippen molar-refractivity contribution in [1.29, 1.82) is 0 Å². The predicted molar refractivity (Wildman–Crippen MR) is 73.4 cm³/mol. The summed E-state index contributed by atoms with van der Waals surface area (Å²) in [6, 6.07) is 4.67. The summed E-state index contributed by atoms with van der Waals surface area (Å²) in [7, 11) is 2.01. The third-order valence-electron chi connectivity index (χ3n) is 3.18. The van der Waals surface area contributed by atoms with Crippen LogP contribution >= 0.6 is 11.3 Å². The first kappa shape index (κ1) is 11.6. The number of hydrogen-bond donors (Lipinski definition) is 1. The molecule has 0 amide bonds. The molecule has 0 aliphatic rings. The van der Waals surface area contributed by atoms with Crippen molar-refractivity contribution in [2.24, 2.45) is 0 Å². The molecule has 0 bridgehead atoms. The van der Waals surface area contributed by atoms with Crippen molar-refractivity contribution in [3.63, 3.8) is 0 Å². The predicted octanol–water partition coefficient (Wildman–Crippen LogP) is 3.80. The van der Waals surface area contributed by atoms with E-state index in [1.54, 1.807) is 0 Å². The van der Waals surface area contributed by atoms with E-state index in [2.05, 4.69) is 38.2 Å². The van der Waals surface area contributed by atoms with E-state index >= 15 is 0 Å². The molecule has 0 saturated carbocycles. The molecule has 2 aromatic rings. The zero-order chi connectivity index (χ0) is 11.7. The van der Waals surface area contributed by atoms with E-state index in [9.17, 15) is 0 Å². The largest absolute Gasteiger partial charge is 0.315 e. The zero-order valence-electron chi connectivity index (χ0n) is 10.5. The van der Waals surface area contributed by atoms with E-state index in [1.807, 2.05) is 18.4 Å². The topological polar surface area (TPSA) is 12.0 Å². The molecule has 1 nitrogen and oxygen atoms in total. The minimum Gasteiger partial charge on any atom is -0.315 e. The van der Waals surface area contributed by atoms with Crippen LogP contribution in [0.1, 0.15) is 28.5 Å². The maximum atomic E-state index is 3.26. The highest BCUT2D eigenvalue weighted by Gasteiger charge is 2.10. The summed E-state index contributed by atoms with van der Waals surface area (Å²) in [5.41, 5.74) is 4.32. The summed E-state index contributed by atoms with van der Waals surface area (Å²) in [4.78, 5) is 1.49. The van der Waals surface area contributed by atoms with Gasteiger partial charge in [-0.3, -0.25) is 0 Å². The van der Waals surface area contributed by atoms with Gasteiger partial charge in [-0.2, -0.15) is 0 Å². The molecule has 2 rings (SSSR count). The van der Waals surface area contributed by atoms with Crippen LogP contribution in [0.25, 0.3) is 10.1 Å². The van der Waals surface area contributed by atoms with Crippen LogP contribution < -0.4 is 5.32 Å². The van der Waals surface area contributed by atoms with Gasteiger partial charge >= 0.3 is 0 Å². The monoisotopic (exact) mass is 233 g/mol. The number of hydrogen-bond acceptors (Lipinski definition) is 2. The van der Waals surface area contributed by atoms with Crippen LogP contribution in [0.2, 0.25) is 0 Å². The molecule has 1 N–H and O–H groups in total. The van der Waals surface area contributed by atoms with Gasteiger partial charge < -0.3 is 5.32 Å². The molecule has 0 atom stereocenters. The lowest BCUT2D eigenvalue weighted by Crippen LogP contribution is -2.04. The van der Waals surface area contributed by atoms with Crippen molar-refractivity contribution in [2.75, 3.05) is 7.05 Å². The second-order valence-corrected chi connectivity index (χ2v) is 5.46. The average molecular weight is 233 g/mol. The van der Waals surface area contributed by atoms with Gasteiger partial charge in [-0.15, -0.1) is 11.3 Å². The second-order valence-electron chi connectivity index (χ2n) is 4.32. The summed E-state index contributed by atoms with van der Waals surface area (Å²) < 4.78 is 1.44. The molecule has 0 aliphatic heterocycles. The van der Waals surface area contributed by atoms with Crippen molar-refractivity contribution in [1.82, 2.24) is 5.32 Å². The third kappa shape index (κ3) is 1.87. The number of aryl methyl sites for hydroxylation is 3. The molecule has 0 spiro atoms. The molecule has 1 aromatic heterocycles. The van der Waals surface area contributed by atoms with Gasteiger partial charge in [-0.25, -0.2) is 0 Å². The number of nitrogens with one attached hydrogen (secondary N) is 1. The Kier molecular flexibility index (Phi) is 3.31. The molecule has 86 valence electrons. The highest BCUT2D eigenvalue weighted by Crippen LogP contribution is 2.33. The molecule has 1 aromatic carbocycles. The Morgan fingerprint density at radius 1 is 1.19 bits per heavy atom. The number of fused-ring (bicyclic) bond motifs is 1. The van der Waals surface area contributed by atoms with Crippen LogP contribution in [0.4, 0.5) is 0 Å². The molecular weight excluding hydrogens is 214 g/mol. The first-order chi connectivity index (χ1) is 7.67. The zero-order valence-corrected chi connectivity index (χ0v) is 11.3. The van der Waals surface area contributed by atoms with E-state index in [4.69, 9.17) is 0 Å².